The van der Waals surface area contributed by atoms with Crippen LogP contribution in [0.4, 0.5) is 0 Å². The van der Waals surface area contributed by atoms with Crippen molar-refractivity contribution in [2.45, 2.75) is 0 Å². The number of rotatable bonds is 9. The molecule has 0 fully saturated rings. The molecule has 0 saturated heterocycles. The van der Waals surface area contributed by atoms with E-state index in [9.17, 15) is 15.8 Å². The van der Waals surface area contributed by atoms with E-state index in [1.807, 2.05) is 279 Å². The molecule has 24 rings (SSSR count). The molecule has 15 heteroatoms. The first-order valence-electron chi connectivity index (χ1n) is 39.2. The topological polar surface area (TPSA) is 203 Å². The molecular formula is C105H60N12O3. The fourth-order valence-corrected chi connectivity index (χ4v) is 17.1. The second-order valence-corrected chi connectivity index (χ2v) is 29.2. The summed E-state index contributed by atoms with van der Waals surface area (Å²) in [6.07, 6.45) is 0. The molecule has 0 saturated carbocycles. The van der Waals surface area contributed by atoms with Crippen LogP contribution in [0.1, 0.15) is 16.7 Å². The van der Waals surface area contributed by atoms with Crippen LogP contribution in [0.5, 0.6) is 0 Å². The number of hydrogen-bond acceptors (Lipinski definition) is 12. The Labute approximate surface area is 683 Å². The van der Waals surface area contributed by atoms with E-state index in [0.717, 1.165) is 165 Å². The average Bonchev–Trinajstić information content (AvgIpc) is 1.58. The maximum Gasteiger partial charge on any atom is 0.162 e. The minimum absolute atomic E-state index is 0.415. The summed E-state index contributed by atoms with van der Waals surface area (Å²) in [5, 5.41) is 44.3. The lowest BCUT2D eigenvalue weighted by atomic mass is 10.1. The second kappa shape index (κ2) is 28.7. The predicted octanol–water partition coefficient (Wildman–Crippen LogP) is 26.0. The Morgan fingerprint density at radius 2 is 0.542 bits per heavy atom. The highest BCUT2D eigenvalue weighted by Gasteiger charge is 2.29. The monoisotopic (exact) mass is 1540 g/mol. The molecule has 15 nitrogen and oxygen atoms in total. The summed E-state index contributed by atoms with van der Waals surface area (Å²) in [5.41, 5.74) is 19.0. The molecule has 0 unspecified atom stereocenters. The molecule has 0 atom stereocenters. The smallest absolute Gasteiger partial charge is 0.162 e. The molecule has 0 aliphatic rings. The molecule has 9 aromatic heterocycles. The van der Waals surface area contributed by atoms with Crippen molar-refractivity contribution in [3.63, 3.8) is 0 Å². The number of nitriles is 3. The lowest BCUT2D eigenvalue weighted by Crippen LogP contribution is -2.07. The first-order valence-corrected chi connectivity index (χ1v) is 39.2. The largest absolute Gasteiger partial charge is 0.456 e. The van der Waals surface area contributed by atoms with E-state index in [-0.39, 0.29) is 0 Å². The molecule has 24 aromatic rings. The zero-order chi connectivity index (χ0) is 79.9. The molecule has 15 aromatic carbocycles. The van der Waals surface area contributed by atoms with Crippen molar-refractivity contribution in [3.05, 3.63) is 381 Å². The number of nitrogens with zero attached hydrogens (tertiary/aromatic N) is 12. The maximum absolute atomic E-state index is 10.6. The Hall–Kier alpha value is -17.2. The molecule has 9 heterocycles. The summed E-state index contributed by atoms with van der Waals surface area (Å²) >= 11 is 0. The molecule has 0 bridgehead atoms. The zero-order valence-electron chi connectivity index (χ0n) is 63.7. The third kappa shape index (κ3) is 11.4. The number of para-hydroxylation sites is 6. The first-order chi connectivity index (χ1) is 59.4. The highest BCUT2D eigenvalue weighted by Crippen LogP contribution is 2.46. The SMILES string of the molecule is N#Cc1c(-c2ccccc2)nc(-c2ccccc2)nc1-n1c2ccccc2c2c3c(ccc21)oc1ccccc13.N#Cc1c(-c2ccccc2)nc(-c2ccccc2)nc1-n1c2ccccc2c2c3oc4ccccc4c3ccc21.N#Cc1c(-c2ccccc2)nc(-c2ccccc2)nc1-n1c2ccccc2c2cc3oc4ccccc4c3cc21. The highest BCUT2D eigenvalue weighted by molar-refractivity contribution is 6.28. The van der Waals surface area contributed by atoms with Gasteiger partial charge in [-0.05, 0) is 72.8 Å². The molecule has 0 spiro atoms. The molecule has 558 valence electrons. The Kier molecular flexibility index (Phi) is 16.6. The quantitative estimate of drug-likeness (QED) is 0.132. The molecule has 120 heavy (non-hydrogen) atoms. The van der Waals surface area contributed by atoms with Crippen molar-refractivity contribution >= 4 is 131 Å². The number of hydrogen-bond donors (Lipinski definition) is 0. The van der Waals surface area contributed by atoms with Gasteiger partial charge >= 0.3 is 0 Å². The van der Waals surface area contributed by atoms with Crippen LogP contribution in [0.25, 0.3) is 217 Å². The molecule has 0 aliphatic heterocycles. The number of furan rings is 3. The molecular weight excluding hydrogens is 1480 g/mol. The van der Waals surface area contributed by atoms with Crippen molar-refractivity contribution in [1.82, 2.24) is 43.6 Å². The fourth-order valence-electron chi connectivity index (χ4n) is 17.1. The summed E-state index contributed by atoms with van der Waals surface area (Å²) in [4.78, 5) is 30.0. The van der Waals surface area contributed by atoms with Crippen LogP contribution in [0.15, 0.2) is 377 Å². The van der Waals surface area contributed by atoms with Gasteiger partial charge in [-0.25, -0.2) is 29.9 Å². The van der Waals surface area contributed by atoms with Gasteiger partial charge in [0.1, 0.15) is 68.4 Å². The van der Waals surface area contributed by atoms with E-state index in [4.69, 9.17) is 43.2 Å². The standard InChI is InChI=1S/3C35H20N4O/c36-21-27-32(22-11-3-1-4-12-22)37-34(23-13-5-2-6-14-23)38-35(27)39-28-17-9-7-16-26(28)31-29(39)20-19-25-24-15-8-10-18-30(24)40-33(25)31;36-21-28-33(22-11-3-1-4-12-22)37-34(23-13-5-2-6-14-23)38-35(28)39-29-17-9-7-15-24(29)26-20-32-27(19-30(26)39)25-16-8-10-18-31(25)40-32;36-21-26-33(22-11-3-1-4-12-22)37-34(23-13-5-2-6-14-23)38-35(26)39-27-17-9-7-15-24(27)31-28(39)19-20-30-32(31)25-16-8-10-18-29(25)40-30/h3*1-20H. The van der Waals surface area contributed by atoms with E-state index in [2.05, 4.69) is 117 Å². The van der Waals surface area contributed by atoms with E-state index in [1.165, 1.54) is 0 Å². The van der Waals surface area contributed by atoms with E-state index >= 15 is 0 Å². The summed E-state index contributed by atoms with van der Waals surface area (Å²) in [6, 6.07) is 128. The van der Waals surface area contributed by atoms with Crippen LogP contribution in [-0.4, -0.2) is 43.6 Å². The van der Waals surface area contributed by atoms with Crippen LogP contribution in [0, 0.1) is 34.0 Å². The maximum atomic E-state index is 10.6. The molecule has 0 amide bonds. The fraction of sp³-hybridized carbons (Fsp3) is 0. The van der Waals surface area contributed by atoms with Gasteiger partial charge < -0.3 is 13.3 Å². The van der Waals surface area contributed by atoms with Gasteiger partial charge in [-0.3, -0.25) is 13.7 Å². The van der Waals surface area contributed by atoms with Gasteiger partial charge in [0.2, 0.25) is 0 Å². The Bertz CT molecular complexity index is 8230. The highest BCUT2D eigenvalue weighted by atomic mass is 16.3. The van der Waals surface area contributed by atoms with Gasteiger partial charge in [0.05, 0.1) is 55.6 Å². The zero-order valence-corrected chi connectivity index (χ0v) is 63.7. The normalized spacial score (nSPS) is 11.5. The molecule has 0 radical (unpaired) electrons. The van der Waals surface area contributed by atoms with Crippen LogP contribution in [0.3, 0.4) is 0 Å². The Morgan fingerprint density at radius 3 is 1.00 bits per heavy atom. The summed E-state index contributed by atoms with van der Waals surface area (Å²) < 4.78 is 25.2. The van der Waals surface area contributed by atoms with Crippen molar-refractivity contribution in [3.8, 4) is 104 Å². The van der Waals surface area contributed by atoms with Crippen LogP contribution >= 0.6 is 0 Å². The summed E-state index contributed by atoms with van der Waals surface area (Å²) in [6.45, 7) is 0. The number of fused-ring (bicyclic) bond motifs is 20. The van der Waals surface area contributed by atoms with Crippen LogP contribution < -0.4 is 0 Å². The Morgan fingerprint density at radius 1 is 0.208 bits per heavy atom. The van der Waals surface area contributed by atoms with Gasteiger partial charge in [0, 0.05) is 92.6 Å². The van der Waals surface area contributed by atoms with E-state index < -0.39 is 0 Å². The van der Waals surface area contributed by atoms with Crippen LogP contribution in [-0.2, 0) is 0 Å². The van der Waals surface area contributed by atoms with Crippen LogP contribution in [0.2, 0.25) is 0 Å². The minimum Gasteiger partial charge on any atom is -0.456 e. The van der Waals surface area contributed by atoms with Gasteiger partial charge in [0.15, 0.2) is 34.9 Å². The van der Waals surface area contributed by atoms with Crippen molar-refractivity contribution in [1.29, 1.82) is 15.8 Å². The van der Waals surface area contributed by atoms with Gasteiger partial charge in [-0.15, -0.1) is 0 Å². The minimum atomic E-state index is 0.415. The van der Waals surface area contributed by atoms with E-state index in [0.29, 0.717) is 68.7 Å². The first kappa shape index (κ1) is 69.5. The summed E-state index contributed by atoms with van der Waals surface area (Å²) in [5.74, 6) is 3.33. The summed E-state index contributed by atoms with van der Waals surface area (Å²) in [7, 11) is 0. The molecule has 0 aliphatic carbocycles. The van der Waals surface area contributed by atoms with Crippen molar-refractivity contribution < 1.29 is 13.3 Å². The average molecular weight is 1540 g/mol. The molecule has 0 N–H and O–H groups in total. The van der Waals surface area contributed by atoms with Gasteiger partial charge in [-0.1, -0.05) is 291 Å². The number of benzene rings is 15. The third-order valence-corrected chi connectivity index (χ3v) is 22.4. The van der Waals surface area contributed by atoms with Crippen molar-refractivity contribution in [2.75, 3.05) is 0 Å². The lowest BCUT2D eigenvalue weighted by molar-refractivity contribution is 0.669. The third-order valence-electron chi connectivity index (χ3n) is 22.4. The Balaban J connectivity index is 0.000000108. The van der Waals surface area contributed by atoms with Gasteiger partial charge in [0.25, 0.3) is 0 Å². The lowest BCUT2D eigenvalue weighted by Gasteiger charge is -2.14. The van der Waals surface area contributed by atoms with E-state index in [1.54, 1.807) is 0 Å². The van der Waals surface area contributed by atoms with Gasteiger partial charge in [-0.2, -0.15) is 15.8 Å². The second-order valence-electron chi connectivity index (χ2n) is 29.2. The predicted molar refractivity (Wildman–Crippen MR) is 478 cm³/mol. The number of aromatic nitrogens is 9. The van der Waals surface area contributed by atoms with Crippen molar-refractivity contribution in [2.24, 2.45) is 0 Å².